The topological polar surface area (TPSA) is 42.4 Å². The Morgan fingerprint density at radius 2 is 2.13 bits per heavy atom. The lowest BCUT2D eigenvalue weighted by molar-refractivity contribution is 0.418. The highest BCUT2D eigenvalue weighted by molar-refractivity contribution is 6.36. The van der Waals surface area contributed by atoms with E-state index >= 15 is 0 Å². The Bertz CT molecular complexity index is 525. The zero-order chi connectivity index (χ0) is 11.0. The summed E-state index contributed by atoms with van der Waals surface area (Å²) in [5, 5.41) is 10.8. The van der Waals surface area contributed by atoms with Gasteiger partial charge < -0.3 is 9.84 Å². The van der Waals surface area contributed by atoms with E-state index in [1.807, 2.05) is 6.92 Å². The van der Waals surface area contributed by atoms with Crippen LogP contribution in [0.4, 0.5) is 0 Å². The van der Waals surface area contributed by atoms with E-state index in [0.29, 0.717) is 21.7 Å². The Morgan fingerprint density at radius 3 is 2.80 bits per heavy atom. The summed E-state index contributed by atoms with van der Waals surface area (Å²) in [7, 11) is 1.56. The van der Waals surface area contributed by atoms with Gasteiger partial charge >= 0.3 is 0 Å². The monoisotopic (exact) mass is 223 g/mol. The third-order valence-corrected chi connectivity index (χ3v) is 2.52. The molecule has 1 N–H and O–H groups in total. The van der Waals surface area contributed by atoms with E-state index < -0.39 is 0 Å². The van der Waals surface area contributed by atoms with Gasteiger partial charge in [0.05, 0.1) is 17.5 Å². The number of rotatable bonds is 1. The molecule has 3 nitrogen and oxygen atoms in total. The fourth-order valence-electron chi connectivity index (χ4n) is 1.53. The average Bonchev–Trinajstić information content (AvgIpc) is 2.22. The number of phenolic OH excluding ortho intramolecular Hbond substituents is 1. The minimum Gasteiger partial charge on any atom is -0.506 e. The van der Waals surface area contributed by atoms with Crippen molar-refractivity contribution < 1.29 is 9.84 Å². The third-order valence-electron chi connectivity index (χ3n) is 2.20. The van der Waals surface area contributed by atoms with E-state index in [-0.39, 0.29) is 5.75 Å². The number of hydrogen-bond donors (Lipinski definition) is 1. The zero-order valence-corrected chi connectivity index (χ0v) is 9.17. The van der Waals surface area contributed by atoms with E-state index in [0.717, 1.165) is 5.69 Å². The lowest BCUT2D eigenvalue weighted by atomic mass is 10.1. The summed E-state index contributed by atoms with van der Waals surface area (Å²) < 4.78 is 5.21. The van der Waals surface area contributed by atoms with Crippen molar-refractivity contribution >= 4 is 22.5 Å². The molecule has 0 spiro atoms. The smallest absolute Gasteiger partial charge is 0.142 e. The first-order valence-corrected chi connectivity index (χ1v) is 4.84. The maximum Gasteiger partial charge on any atom is 0.142 e. The van der Waals surface area contributed by atoms with E-state index in [4.69, 9.17) is 16.3 Å². The molecular weight excluding hydrogens is 214 g/mol. The van der Waals surface area contributed by atoms with Gasteiger partial charge in [-0.05, 0) is 19.1 Å². The molecule has 0 fully saturated rings. The maximum absolute atomic E-state index is 9.66. The second kappa shape index (κ2) is 3.59. The molecule has 2 aromatic rings. The number of ether oxygens (including phenoxy) is 1. The van der Waals surface area contributed by atoms with Crippen LogP contribution in [0.15, 0.2) is 18.2 Å². The molecule has 2 rings (SSSR count). The van der Waals surface area contributed by atoms with Crippen molar-refractivity contribution in [2.24, 2.45) is 0 Å². The molecule has 0 unspecified atom stereocenters. The number of aryl methyl sites for hydroxylation is 1. The Kier molecular flexibility index (Phi) is 2.40. The summed E-state index contributed by atoms with van der Waals surface area (Å²) in [6.45, 7) is 1.84. The van der Waals surface area contributed by atoms with Gasteiger partial charge in [0, 0.05) is 11.8 Å². The van der Waals surface area contributed by atoms with Crippen molar-refractivity contribution in [3.05, 3.63) is 28.9 Å². The van der Waals surface area contributed by atoms with Gasteiger partial charge in [-0.3, -0.25) is 0 Å². The van der Waals surface area contributed by atoms with Crippen molar-refractivity contribution in [1.82, 2.24) is 4.98 Å². The summed E-state index contributed by atoms with van der Waals surface area (Å²) in [5.41, 5.74) is 1.25. The standard InChI is InChI=1S/C11H10ClNO2/c1-6-5-9(15-2)10-7(12)3-4-8(14)11(10)13-6/h3-5,14H,1-2H3. The quantitative estimate of drug-likeness (QED) is 0.808. The number of methoxy groups -OCH3 is 1. The van der Waals surface area contributed by atoms with Gasteiger partial charge in [0.25, 0.3) is 0 Å². The molecule has 0 radical (unpaired) electrons. The molecule has 0 bridgehead atoms. The van der Waals surface area contributed by atoms with Crippen LogP contribution < -0.4 is 4.74 Å². The molecule has 0 aliphatic heterocycles. The van der Waals surface area contributed by atoms with Gasteiger partial charge in [-0.2, -0.15) is 0 Å². The summed E-state index contributed by atoms with van der Waals surface area (Å²) in [6, 6.07) is 4.93. The molecule has 1 aromatic carbocycles. The molecule has 1 aromatic heterocycles. The summed E-state index contributed by atoms with van der Waals surface area (Å²) in [4.78, 5) is 4.23. The van der Waals surface area contributed by atoms with Crippen molar-refractivity contribution in [3.63, 3.8) is 0 Å². The van der Waals surface area contributed by atoms with Crippen molar-refractivity contribution in [1.29, 1.82) is 0 Å². The number of phenols is 1. The largest absolute Gasteiger partial charge is 0.506 e. The minimum atomic E-state index is 0.108. The minimum absolute atomic E-state index is 0.108. The van der Waals surface area contributed by atoms with Crippen LogP contribution in [0.3, 0.4) is 0 Å². The van der Waals surface area contributed by atoms with Gasteiger partial charge in [0.1, 0.15) is 17.0 Å². The number of benzene rings is 1. The zero-order valence-electron chi connectivity index (χ0n) is 8.41. The van der Waals surface area contributed by atoms with Gasteiger partial charge in [-0.25, -0.2) is 4.98 Å². The van der Waals surface area contributed by atoms with Crippen LogP contribution in [0.25, 0.3) is 10.9 Å². The second-order valence-electron chi connectivity index (χ2n) is 3.26. The van der Waals surface area contributed by atoms with Gasteiger partial charge in [0.15, 0.2) is 0 Å². The molecule has 15 heavy (non-hydrogen) atoms. The molecule has 4 heteroatoms. The van der Waals surface area contributed by atoms with Crippen LogP contribution in [0.5, 0.6) is 11.5 Å². The molecule has 0 aliphatic carbocycles. The predicted octanol–water partition coefficient (Wildman–Crippen LogP) is 2.91. The third kappa shape index (κ3) is 1.59. The summed E-state index contributed by atoms with van der Waals surface area (Å²) in [5.74, 6) is 0.731. The summed E-state index contributed by atoms with van der Waals surface area (Å²) in [6.07, 6.45) is 0. The first-order valence-electron chi connectivity index (χ1n) is 4.46. The van der Waals surface area contributed by atoms with E-state index in [1.54, 1.807) is 19.2 Å². The Balaban J connectivity index is 2.95. The molecular formula is C11H10ClNO2. The fraction of sp³-hybridized carbons (Fsp3) is 0.182. The van der Waals surface area contributed by atoms with Crippen LogP contribution >= 0.6 is 11.6 Å². The normalized spacial score (nSPS) is 10.6. The number of fused-ring (bicyclic) bond motifs is 1. The molecule has 1 heterocycles. The lowest BCUT2D eigenvalue weighted by Crippen LogP contribution is -1.91. The predicted molar refractivity (Wildman–Crippen MR) is 59.7 cm³/mol. The Hall–Kier alpha value is -1.48. The molecule has 0 atom stereocenters. The first-order chi connectivity index (χ1) is 7.13. The van der Waals surface area contributed by atoms with Crippen LogP contribution in [-0.2, 0) is 0 Å². The average molecular weight is 224 g/mol. The molecule has 78 valence electrons. The van der Waals surface area contributed by atoms with Crippen molar-refractivity contribution in [3.8, 4) is 11.5 Å². The SMILES string of the molecule is COc1cc(C)nc2c(O)ccc(Cl)c12. The van der Waals surface area contributed by atoms with Gasteiger partial charge in [0.2, 0.25) is 0 Å². The highest BCUT2D eigenvalue weighted by Crippen LogP contribution is 2.36. The van der Waals surface area contributed by atoms with Gasteiger partial charge in [-0.15, -0.1) is 0 Å². The van der Waals surface area contributed by atoms with E-state index in [1.165, 1.54) is 6.07 Å². The Morgan fingerprint density at radius 1 is 1.40 bits per heavy atom. The van der Waals surface area contributed by atoms with Gasteiger partial charge in [-0.1, -0.05) is 11.6 Å². The van der Waals surface area contributed by atoms with E-state index in [2.05, 4.69) is 4.98 Å². The second-order valence-corrected chi connectivity index (χ2v) is 3.66. The lowest BCUT2D eigenvalue weighted by Gasteiger charge is -2.08. The highest BCUT2D eigenvalue weighted by Gasteiger charge is 2.11. The molecule has 0 saturated heterocycles. The number of aromatic hydroxyl groups is 1. The number of hydrogen-bond acceptors (Lipinski definition) is 3. The molecule has 0 saturated carbocycles. The van der Waals surface area contributed by atoms with Crippen LogP contribution in [-0.4, -0.2) is 17.2 Å². The van der Waals surface area contributed by atoms with Crippen LogP contribution in [0.2, 0.25) is 5.02 Å². The van der Waals surface area contributed by atoms with Crippen molar-refractivity contribution in [2.75, 3.05) is 7.11 Å². The molecule has 0 amide bonds. The fourth-order valence-corrected chi connectivity index (χ4v) is 1.78. The number of pyridine rings is 1. The van der Waals surface area contributed by atoms with Crippen LogP contribution in [0, 0.1) is 6.92 Å². The van der Waals surface area contributed by atoms with Crippen molar-refractivity contribution in [2.45, 2.75) is 6.92 Å². The summed E-state index contributed by atoms with van der Waals surface area (Å²) >= 11 is 6.03. The van der Waals surface area contributed by atoms with E-state index in [9.17, 15) is 5.11 Å². The molecule has 0 aliphatic rings. The first kappa shape index (κ1) is 10.1. The Labute approximate surface area is 92.3 Å². The number of halogens is 1. The number of nitrogens with zero attached hydrogens (tertiary/aromatic N) is 1. The van der Waals surface area contributed by atoms with Crippen LogP contribution in [0.1, 0.15) is 5.69 Å². The highest BCUT2D eigenvalue weighted by atomic mass is 35.5. The number of aromatic nitrogens is 1. The maximum atomic E-state index is 9.66.